The van der Waals surface area contributed by atoms with Gasteiger partial charge in [0.2, 0.25) is 0 Å². The topological polar surface area (TPSA) is 42.7 Å². The first-order valence-electron chi connectivity index (χ1n) is 3.95. The molecular weight excluding hydrogens is 232 g/mol. The van der Waals surface area contributed by atoms with Crippen LogP contribution < -0.4 is 5.32 Å². The summed E-state index contributed by atoms with van der Waals surface area (Å²) in [5, 5.41) is 11.0. The Hall–Kier alpha value is -0.680. The van der Waals surface area contributed by atoms with Crippen molar-refractivity contribution in [2.45, 2.75) is 13.0 Å². The van der Waals surface area contributed by atoms with Crippen LogP contribution in [-0.4, -0.2) is 22.0 Å². The smallest absolute Gasteiger partial charge is 0.153 e. The Morgan fingerprint density at radius 1 is 1.69 bits per heavy atom. The van der Waals surface area contributed by atoms with E-state index in [1.807, 2.05) is 21.0 Å². The highest BCUT2D eigenvalue weighted by atomic mass is 79.9. The fourth-order valence-corrected chi connectivity index (χ4v) is 1.82. The molecule has 0 aliphatic rings. The van der Waals surface area contributed by atoms with Gasteiger partial charge in [0.15, 0.2) is 4.60 Å². The molecule has 0 bridgehead atoms. The van der Waals surface area contributed by atoms with Gasteiger partial charge in [0.1, 0.15) is 0 Å². The van der Waals surface area contributed by atoms with Crippen LogP contribution in [-0.2, 0) is 7.05 Å². The zero-order valence-corrected chi connectivity index (χ0v) is 9.59. The summed E-state index contributed by atoms with van der Waals surface area (Å²) in [6.07, 6.45) is 0. The first-order valence-corrected chi connectivity index (χ1v) is 4.75. The zero-order valence-electron chi connectivity index (χ0n) is 8.00. The molecule has 0 saturated carbocycles. The molecule has 1 aromatic heterocycles. The summed E-state index contributed by atoms with van der Waals surface area (Å²) >= 11 is 3.35. The average Bonchev–Trinajstić information content (AvgIpc) is 2.36. The Bertz CT molecular complexity index is 298. The van der Waals surface area contributed by atoms with Crippen molar-refractivity contribution in [2.75, 3.05) is 7.05 Å². The third-order valence-electron chi connectivity index (χ3n) is 1.88. The number of likely N-dealkylation sites (N-methyl/N-ethyl adjacent to an activating group) is 1. The van der Waals surface area contributed by atoms with E-state index in [4.69, 9.17) is 0 Å². The van der Waals surface area contributed by atoms with Gasteiger partial charge in [-0.05, 0) is 29.9 Å². The lowest BCUT2D eigenvalue weighted by atomic mass is 10.1. The van der Waals surface area contributed by atoms with Crippen LogP contribution in [0.1, 0.15) is 18.7 Å². The molecule has 0 aromatic carbocycles. The third kappa shape index (κ3) is 1.97. The van der Waals surface area contributed by atoms with Crippen molar-refractivity contribution in [3.63, 3.8) is 0 Å². The molecule has 0 saturated heterocycles. The van der Waals surface area contributed by atoms with Gasteiger partial charge < -0.3 is 5.32 Å². The van der Waals surface area contributed by atoms with E-state index in [2.05, 4.69) is 38.1 Å². The fraction of sp³-hybridized carbons (Fsp3) is 0.500. The molecule has 1 rings (SSSR count). The fourth-order valence-electron chi connectivity index (χ4n) is 1.26. The van der Waals surface area contributed by atoms with Crippen LogP contribution in [0.15, 0.2) is 16.8 Å². The van der Waals surface area contributed by atoms with Crippen molar-refractivity contribution in [3.8, 4) is 0 Å². The van der Waals surface area contributed by atoms with Gasteiger partial charge in [0, 0.05) is 7.05 Å². The predicted molar refractivity (Wildman–Crippen MR) is 55.3 cm³/mol. The predicted octanol–water partition coefficient (Wildman–Crippen LogP) is 1.41. The lowest BCUT2D eigenvalue weighted by molar-refractivity contribution is 0.590. The Kier molecular flexibility index (Phi) is 3.22. The summed E-state index contributed by atoms with van der Waals surface area (Å²) in [6.45, 7) is 5.89. The highest BCUT2D eigenvalue weighted by Gasteiger charge is 2.18. The van der Waals surface area contributed by atoms with E-state index >= 15 is 0 Å². The number of hydrogen-bond donors (Lipinski definition) is 1. The van der Waals surface area contributed by atoms with Crippen LogP contribution >= 0.6 is 15.9 Å². The van der Waals surface area contributed by atoms with Gasteiger partial charge in [0.05, 0.1) is 11.7 Å². The quantitative estimate of drug-likeness (QED) is 0.819. The molecule has 1 aromatic rings. The first kappa shape index (κ1) is 10.4. The number of rotatable bonds is 3. The maximum Gasteiger partial charge on any atom is 0.153 e. The van der Waals surface area contributed by atoms with Crippen LogP contribution in [0.2, 0.25) is 0 Å². The van der Waals surface area contributed by atoms with Crippen molar-refractivity contribution in [1.82, 2.24) is 20.3 Å². The molecule has 1 heterocycles. The minimum Gasteiger partial charge on any atom is -0.308 e. The number of nitrogens with zero attached hydrogens (tertiary/aromatic N) is 3. The third-order valence-corrected chi connectivity index (χ3v) is 2.45. The Labute approximate surface area is 86.1 Å². The van der Waals surface area contributed by atoms with Crippen LogP contribution in [0.3, 0.4) is 0 Å². The molecule has 13 heavy (non-hydrogen) atoms. The normalized spacial score (nSPS) is 12.9. The standard InChI is InChI=1S/C8H13BrN4/c1-5(2)6(10-3)7-8(9)11-12-13(7)4/h6,10H,1H2,2-4H3. The van der Waals surface area contributed by atoms with Gasteiger partial charge in [-0.25, -0.2) is 4.68 Å². The van der Waals surface area contributed by atoms with E-state index in [1.165, 1.54) is 0 Å². The minimum atomic E-state index is 0.0920. The summed E-state index contributed by atoms with van der Waals surface area (Å²) in [6, 6.07) is 0.0920. The summed E-state index contributed by atoms with van der Waals surface area (Å²) in [5.41, 5.74) is 2.03. The molecule has 0 radical (unpaired) electrons. The lowest BCUT2D eigenvalue weighted by Crippen LogP contribution is -2.20. The first-order chi connectivity index (χ1) is 6.07. The van der Waals surface area contributed by atoms with Crippen molar-refractivity contribution >= 4 is 15.9 Å². The Morgan fingerprint density at radius 2 is 2.31 bits per heavy atom. The molecule has 72 valence electrons. The van der Waals surface area contributed by atoms with E-state index in [9.17, 15) is 0 Å². The van der Waals surface area contributed by atoms with E-state index in [-0.39, 0.29) is 6.04 Å². The van der Waals surface area contributed by atoms with Gasteiger partial charge in [0.25, 0.3) is 0 Å². The van der Waals surface area contributed by atoms with Crippen LogP contribution in [0.5, 0.6) is 0 Å². The van der Waals surface area contributed by atoms with Crippen molar-refractivity contribution in [2.24, 2.45) is 7.05 Å². The van der Waals surface area contributed by atoms with E-state index in [0.717, 1.165) is 15.9 Å². The largest absolute Gasteiger partial charge is 0.308 e. The second-order valence-electron chi connectivity index (χ2n) is 2.96. The highest BCUT2D eigenvalue weighted by Crippen LogP contribution is 2.24. The summed E-state index contributed by atoms with van der Waals surface area (Å²) in [7, 11) is 3.75. The SMILES string of the molecule is C=C(C)C(NC)c1c(Br)nnn1C. The van der Waals surface area contributed by atoms with Crippen LogP contribution in [0, 0.1) is 0 Å². The molecule has 0 aliphatic heterocycles. The Morgan fingerprint density at radius 3 is 2.62 bits per heavy atom. The highest BCUT2D eigenvalue weighted by molar-refractivity contribution is 9.10. The van der Waals surface area contributed by atoms with Crippen molar-refractivity contribution < 1.29 is 0 Å². The molecule has 1 atom stereocenters. The van der Waals surface area contributed by atoms with E-state index < -0.39 is 0 Å². The molecule has 0 aliphatic carbocycles. The number of aryl methyl sites for hydroxylation is 1. The number of halogens is 1. The molecule has 1 unspecified atom stereocenters. The maximum absolute atomic E-state index is 3.92. The van der Waals surface area contributed by atoms with Crippen molar-refractivity contribution in [3.05, 3.63) is 22.4 Å². The molecule has 0 fully saturated rings. The molecular formula is C8H13BrN4. The maximum atomic E-state index is 3.92. The van der Waals surface area contributed by atoms with Gasteiger partial charge in [-0.1, -0.05) is 17.4 Å². The molecule has 0 amide bonds. The lowest BCUT2D eigenvalue weighted by Gasteiger charge is -2.15. The summed E-state index contributed by atoms with van der Waals surface area (Å²) in [4.78, 5) is 0. The molecule has 1 N–H and O–H groups in total. The van der Waals surface area contributed by atoms with E-state index in [0.29, 0.717) is 0 Å². The summed E-state index contributed by atoms with van der Waals surface area (Å²) in [5.74, 6) is 0. The molecule has 5 heteroatoms. The Balaban J connectivity index is 3.10. The second-order valence-corrected chi connectivity index (χ2v) is 3.71. The average molecular weight is 245 g/mol. The second kappa shape index (κ2) is 4.02. The monoisotopic (exact) mass is 244 g/mol. The van der Waals surface area contributed by atoms with E-state index in [1.54, 1.807) is 4.68 Å². The van der Waals surface area contributed by atoms with Crippen molar-refractivity contribution in [1.29, 1.82) is 0 Å². The summed E-state index contributed by atoms with van der Waals surface area (Å²) < 4.78 is 2.50. The minimum absolute atomic E-state index is 0.0920. The van der Waals surface area contributed by atoms with Gasteiger partial charge in [-0.3, -0.25) is 0 Å². The number of hydrogen-bond acceptors (Lipinski definition) is 3. The van der Waals surface area contributed by atoms with Gasteiger partial charge in [-0.2, -0.15) is 0 Å². The zero-order chi connectivity index (χ0) is 10.0. The van der Waals surface area contributed by atoms with Gasteiger partial charge in [-0.15, -0.1) is 5.10 Å². The van der Waals surface area contributed by atoms with Crippen LogP contribution in [0.25, 0.3) is 0 Å². The van der Waals surface area contributed by atoms with Crippen LogP contribution in [0.4, 0.5) is 0 Å². The number of nitrogens with one attached hydrogen (secondary N) is 1. The van der Waals surface area contributed by atoms with Gasteiger partial charge >= 0.3 is 0 Å². The molecule has 4 nitrogen and oxygen atoms in total. The molecule has 0 spiro atoms. The number of aromatic nitrogens is 3.